The average Bonchev–Trinajstić information content (AvgIpc) is 2.97. The first kappa shape index (κ1) is 16.0. The van der Waals surface area contributed by atoms with Crippen LogP contribution in [0.25, 0.3) is 11.0 Å². The zero-order valence-electron chi connectivity index (χ0n) is 12.0. The number of imidazole rings is 1. The van der Waals surface area contributed by atoms with Crippen LogP contribution in [0.1, 0.15) is 32.4 Å². The second kappa shape index (κ2) is 6.60. The van der Waals surface area contributed by atoms with Gasteiger partial charge in [-0.25, -0.2) is 4.98 Å². The number of thiazole rings is 1. The predicted molar refractivity (Wildman–Crippen MR) is 85.7 cm³/mol. The molecule has 0 saturated carbocycles. The Labute approximate surface area is 132 Å². The molecule has 1 atom stereocenters. The van der Waals surface area contributed by atoms with Crippen molar-refractivity contribution < 1.29 is 9.90 Å². The van der Waals surface area contributed by atoms with E-state index in [9.17, 15) is 4.79 Å². The molecule has 2 aromatic heterocycles. The Morgan fingerprint density at radius 1 is 1.67 bits per heavy atom. The molecule has 0 aromatic carbocycles. The van der Waals surface area contributed by atoms with Gasteiger partial charge < -0.3 is 10.4 Å². The maximum Gasteiger partial charge on any atom is 0.244 e. The molecule has 0 bridgehead atoms. The summed E-state index contributed by atoms with van der Waals surface area (Å²) in [5.74, 6) is -0.214. The molecule has 0 fully saturated rings. The molecule has 5 nitrogen and oxygen atoms in total. The van der Waals surface area contributed by atoms with Gasteiger partial charge >= 0.3 is 0 Å². The predicted octanol–water partition coefficient (Wildman–Crippen LogP) is 2.73. The summed E-state index contributed by atoms with van der Waals surface area (Å²) in [4.78, 5) is 17.0. The van der Waals surface area contributed by atoms with Crippen LogP contribution < -0.4 is 5.32 Å². The summed E-state index contributed by atoms with van der Waals surface area (Å²) in [6.07, 6.45) is 6.22. The number of nitrogens with one attached hydrogen (secondary N) is 1. The molecule has 2 aromatic rings. The molecule has 114 valence electrons. The highest BCUT2D eigenvalue weighted by atomic mass is 35.5. The van der Waals surface area contributed by atoms with Crippen molar-refractivity contribution in [2.24, 2.45) is 0 Å². The SMILES string of the molecule is CCC(C)(CCO)NC(=O)/C=C/c1c(Cl)nc2sccn12. The van der Waals surface area contributed by atoms with Crippen LogP contribution in [0.2, 0.25) is 5.15 Å². The topological polar surface area (TPSA) is 66.6 Å². The monoisotopic (exact) mass is 327 g/mol. The Morgan fingerprint density at radius 2 is 2.43 bits per heavy atom. The number of fused-ring (bicyclic) bond motifs is 1. The third kappa shape index (κ3) is 3.64. The molecule has 21 heavy (non-hydrogen) atoms. The third-order valence-electron chi connectivity index (χ3n) is 3.52. The van der Waals surface area contributed by atoms with Crippen molar-refractivity contribution >= 4 is 39.9 Å². The van der Waals surface area contributed by atoms with Crippen molar-refractivity contribution in [1.82, 2.24) is 14.7 Å². The van der Waals surface area contributed by atoms with E-state index in [4.69, 9.17) is 16.7 Å². The number of carbonyl (C=O) groups is 1. The molecule has 0 aliphatic heterocycles. The lowest BCUT2D eigenvalue weighted by atomic mass is 9.95. The van der Waals surface area contributed by atoms with E-state index < -0.39 is 5.54 Å². The van der Waals surface area contributed by atoms with Crippen LogP contribution in [0.5, 0.6) is 0 Å². The Morgan fingerprint density at radius 3 is 3.10 bits per heavy atom. The van der Waals surface area contributed by atoms with Crippen molar-refractivity contribution in [3.05, 3.63) is 28.5 Å². The molecule has 7 heteroatoms. The maximum atomic E-state index is 12.0. The van der Waals surface area contributed by atoms with Crippen LogP contribution in [0.15, 0.2) is 17.7 Å². The lowest BCUT2D eigenvalue weighted by Gasteiger charge is -2.28. The van der Waals surface area contributed by atoms with Crippen molar-refractivity contribution in [3.63, 3.8) is 0 Å². The zero-order chi connectivity index (χ0) is 15.5. The van der Waals surface area contributed by atoms with Gasteiger partial charge in [0.25, 0.3) is 0 Å². The first-order valence-electron chi connectivity index (χ1n) is 6.71. The van der Waals surface area contributed by atoms with Gasteiger partial charge in [0.2, 0.25) is 5.91 Å². The molecule has 1 amide bonds. The molecule has 0 radical (unpaired) electrons. The van der Waals surface area contributed by atoms with Crippen LogP contribution in [0, 0.1) is 0 Å². The minimum Gasteiger partial charge on any atom is -0.396 e. The Kier molecular flexibility index (Phi) is 5.03. The molecule has 2 heterocycles. The zero-order valence-corrected chi connectivity index (χ0v) is 13.5. The number of aromatic nitrogens is 2. The van der Waals surface area contributed by atoms with Crippen LogP contribution in [-0.2, 0) is 4.79 Å². The summed E-state index contributed by atoms with van der Waals surface area (Å²) in [6.45, 7) is 3.93. The number of aliphatic hydroxyl groups excluding tert-OH is 1. The van der Waals surface area contributed by atoms with Crippen LogP contribution in [0.3, 0.4) is 0 Å². The van der Waals surface area contributed by atoms with Crippen LogP contribution in [-0.4, -0.2) is 32.5 Å². The van der Waals surface area contributed by atoms with Gasteiger partial charge in [-0.3, -0.25) is 9.20 Å². The summed E-state index contributed by atoms with van der Waals surface area (Å²) < 4.78 is 1.84. The number of halogens is 1. The molecular formula is C14H18ClN3O2S. The van der Waals surface area contributed by atoms with Crippen molar-refractivity contribution in [3.8, 4) is 0 Å². The highest BCUT2D eigenvalue weighted by Crippen LogP contribution is 2.22. The van der Waals surface area contributed by atoms with Gasteiger partial charge in [-0.15, -0.1) is 11.3 Å². The number of aliphatic hydroxyl groups is 1. The number of nitrogens with zero attached hydrogens (tertiary/aromatic N) is 2. The minimum atomic E-state index is -0.408. The van der Waals surface area contributed by atoms with Crippen LogP contribution in [0.4, 0.5) is 0 Å². The summed E-state index contributed by atoms with van der Waals surface area (Å²) in [6, 6.07) is 0. The van der Waals surface area contributed by atoms with Gasteiger partial charge in [-0.05, 0) is 25.8 Å². The number of carbonyl (C=O) groups excluding carboxylic acids is 1. The minimum absolute atomic E-state index is 0.0400. The molecule has 2 N–H and O–H groups in total. The molecule has 0 saturated heterocycles. The quantitative estimate of drug-likeness (QED) is 0.802. The van der Waals surface area contributed by atoms with Gasteiger partial charge in [-0.2, -0.15) is 0 Å². The van der Waals surface area contributed by atoms with E-state index in [0.717, 1.165) is 11.4 Å². The fraction of sp³-hybridized carbons (Fsp3) is 0.429. The molecule has 1 unspecified atom stereocenters. The second-order valence-electron chi connectivity index (χ2n) is 5.05. The van der Waals surface area contributed by atoms with E-state index in [1.165, 1.54) is 17.4 Å². The average molecular weight is 328 g/mol. The fourth-order valence-electron chi connectivity index (χ4n) is 1.99. The highest BCUT2D eigenvalue weighted by Gasteiger charge is 2.22. The standard InChI is InChI=1S/C14H18ClN3O2S/c1-3-14(2,6-8-19)17-11(20)5-4-10-12(15)16-13-18(10)7-9-21-13/h4-5,7,9,19H,3,6,8H2,1-2H3,(H,17,20)/b5-4+. The number of hydrogen-bond acceptors (Lipinski definition) is 4. The summed E-state index contributed by atoms with van der Waals surface area (Å²) in [5, 5.41) is 14.3. The van der Waals surface area contributed by atoms with Crippen molar-refractivity contribution in [1.29, 1.82) is 0 Å². The van der Waals surface area contributed by atoms with Gasteiger partial charge in [-0.1, -0.05) is 18.5 Å². The van der Waals surface area contributed by atoms with Gasteiger partial charge in [0, 0.05) is 29.8 Å². The molecule has 0 aliphatic carbocycles. The largest absolute Gasteiger partial charge is 0.396 e. The van der Waals surface area contributed by atoms with E-state index in [2.05, 4.69) is 10.3 Å². The highest BCUT2D eigenvalue weighted by molar-refractivity contribution is 7.15. The normalized spacial score (nSPS) is 14.7. The lowest BCUT2D eigenvalue weighted by molar-refractivity contribution is -0.118. The first-order chi connectivity index (χ1) is 9.99. The molecule has 0 spiro atoms. The summed E-state index contributed by atoms with van der Waals surface area (Å²) >= 11 is 7.54. The summed E-state index contributed by atoms with van der Waals surface area (Å²) in [5.41, 5.74) is 0.276. The first-order valence-corrected chi connectivity index (χ1v) is 7.97. The van der Waals surface area contributed by atoms with Gasteiger partial charge in [0.05, 0.1) is 5.69 Å². The van der Waals surface area contributed by atoms with Gasteiger partial charge in [0.1, 0.15) is 0 Å². The third-order valence-corrected chi connectivity index (χ3v) is 4.55. The van der Waals surface area contributed by atoms with Crippen LogP contribution >= 0.6 is 22.9 Å². The molecular weight excluding hydrogens is 310 g/mol. The van der Waals surface area contributed by atoms with Crippen molar-refractivity contribution in [2.45, 2.75) is 32.2 Å². The van der Waals surface area contributed by atoms with E-state index in [0.29, 0.717) is 17.3 Å². The Bertz CT molecular complexity index is 664. The number of amides is 1. The van der Waals surface area contributed by atoms with E-state index in [1.54, 1.807) is 6.08 Å². The maximum absolute atomic E-state index is 12.0. The lowest BCUT2D eigenvalue weighted by Crippen LogP contribution is -2.45. The van der Waals surface area contributed by atoms with E-state index in [-0.39, 0.29) is 12.5 Å². The Balaban J connectivity index is 2.12. The Hall–Kier alpha value is -1.37. The molecule has 0 aliphatic rings. The number of hydrogen-bond donors (Lipinski definition) is 2. The molecule has 2 rings (SSSR count). The van der Waals surface area contributed by atoms with Crippen molar-refractivity contribution in [2.75, 3.05) is 6.61 Å². The fourth-order valence-corrected chi connectivity index (χ4v) is 3.00. The van der Waals surface area contributed by atoms with Gasteiger partial charge in [0.15, 0.2) is 10.1 Å². The smallest absolute Gasteiger partial charge is 0.244 e. The van der Waals surface area contributed by atoms with E-state index >= 15 is 0 Å². The van der Waals surface area contributed by atoms with E-state index in [1.807, 2.05) is 29.8 Å². The number of rotatable bonds is 6. The second-order valence-corrected chi connectivity index (χ2v) is 6.28. The summed E-state index contributed by atoms with van der Waals surface area (Å²) in [7, 11) is 0.